The molecule has 92 valence electrons. The summed E-state index contributed by atoms with van der Waals surface area (Å²) in [6.45, 7) is 2.80. The highest BCUT2D eigenvalue weighted by Crippen LogP contribution is 2.20. The molecule has 2 rings (SSSR count). The highest BCUT2D eigenvalue weighted by Gasteiger charge is 2.21. The molecule has 1 saturated heterocycles. The van der Waals surface area contributed by atoms with Crippen molar-refractivity contribution in [3.63, 3.8) is 0 Å². The summed E-state index contributed by atoms with van der Waals surface area (Å²) in [4.78, 5) is 15.4. The lowest BCUT2D eigenvalue weighted by molar-refractivity contribution is -0.134. The van der Waals surface area contributed by atoms with Gasteiger partial charge < -0.3 is 10.6 Å². The number of rotatable bonds is 2. The van der Waals surface area contributed by atoms with E-state index in [1.165, 1.54) is 0 Å². The van der Waals surface area contributed by atoms with Gasteiger partial charge >= 0.3 is 0 Å². The van der Waals surface area contributed by atoms with Gasteiger partial charge in [-0.15, -0.1) is 0 Å². The first-order chi connectivity index (χ1) is 8.06. The number of anilines is 1. The number of nitrogens with two attached hydrogens (primary N) is 1. The number of hydrogen-bond donors (Lipinski definition) is 1. The van der Waals surface area contributed by atoms with Gasteiger partial charge in [-0.3, -0.25) is 9.69 Å². The van der Waals surface area contributed by atoms with Crippen LogP contribution in [0, 0.1) is 0 Å². The van der Waals surface area contributed by atoms with Gasteiger partial charge in [0.2, 0.25) is 5.91 Å². The van der Waals surface area contributed by atoms with Crippen LogP contribution < -0.4 is 5.73 Å². The van der Waals surface area contributed by atoms with E-state index in [-0.39, 0.29) is 5.91 Å². The second-order valence-corrected chi connectivity index (χ2v) is 4.81. The van der Waals surface area contributed by atoms with E-state index in [1.54, 1.807) is 11.0 Å². The molecule has 17 heavy (non-hydrogen) atoms. The number of nitrogen functional groups attached to an aromatic ring is 1. The monoisotopic (exact) mass is 253 g/mol. The van der Waals surface area contributed by atoms with Crippen LogP contribution in [0.15, 0.2) is 18.2 Å². The Balaban J connectivity index is 2.04. The Labute approximate surface area is 106 Å². The van der Waals surface area contributed by atoms with Crippen LogP contribution >= 0.6 is 11.6 Å². The van der Waals surface area contributed by atoms with Crippen LogP contribution in [0.4, 0.5) is 5.69 Å². The Kier molecular flexibility index (Phi) is 3.54. The van der Waals surface area contributed by atoms with Crippen LogP contribution in [0.1, 0.15) is 5.56 Å². The van der Waals surface area contributed by atoms with Crippen LogP contribution in [-0.2, 0) is 11.3 Å². The number of carbonyl (C=O) groups is 1. The molecular weight excluding hydrogens is 238 g/mol. The molecule has 0 unspecified atom stereocenters. The van der Waals surface area contributed by atoms with E-state index < -0.39 is 0 Å². The summed E-state index contributed by atoms with van der Waals surface area (Å²) >= 11 is 5.85. The average molecular weight is 254 g/mol. The Morgan fingerprint density at radius 2 is 2.18 bits per heavy atom. The third kappa shape index (κ3) is 2.90. The van der Waals surface area contributed by atoms with Crippen LogP contribution in [0.3, 0.4) is 0 Å². The second-order valence-electron chi connectivity index (χ2n) is 4.37. The number of amides is 1. The van der Waals surface area contributed by atoms with E-state index in [0.29, 0.717) is 23.8 Å². The molecule has 0 bridgehead atoms. The number of nitrogens with zero attached hydrogens (tertiary/aromatic N) is 2. The number of piperazine rings is 1. The summed E-state index contributed by atoms with van der Waals surface area (Å²) in [6, 6.07) is 5.49. The third-order valence-electron chi connectivity index (χ3n) is 3.04. The smallest absolute Gasteiger partial charge is 0.236 e. The van der Waals surface area contributed by atoms with E-state index in [2.05, 4.69) is 4.90 Å². The second kappa shape index (κ2) is 4.94. The van der Waals surface area contributed by atoms with E-state index in [0.717, 1.165) is 18.7 Å². The zero-order valence-corrected chi connectivity index (χ0v) is 10.6. The number of benzene rings is 1. The SMILES string of the molecule is CN1CCN(Cc2ccc(Cl)cc2N)CC1=O. The number of halogens is 1. The number of likely N-dealkylation sites (N-methyl/N-ethyl adjacent to an activating group) is 1. The summed E-state index contributed by atoms with van der Waals surface area (Å²) < 4.78 is 0. The van der Waals surface area contributed by atoms with Gasteiger partial charge in [-0.1, -0.05) is 17.7 Å². The molecule has 1 aromatic rings. The summed E-state index contributed by atoms with van der Waals surface area (Å²) in [6.07, 6.45) is 0. The van der Waals surface area contributed by atoms with Crippen molar-refractivity contribution in [2.24, 2.45) is 0 Å². The lowest BCUT2D eigenvalue weighted by atomic mass is 10.1. The molecule has 1 amide bonds. The summed E-state index contributed by atoms with van der Waals surface area (Å²) in [5.74, 6) is 0.156. The van der Waals surface area contributed by atoms with E-state index in [1.807, 2.05) is 19.2 Å². The molecule has 5 heteroatoms. The molecule has 4 nitrogen and oxygen atoms in total. The summed E-state index contributed by atoms with van der Waals surface area (Å²) in [5.41, 5.74) is 7.60. The summed E-state index contributed by atoms with van der Waals surface area (Å²) in [7, 11) is 1.83. The van der Waals surface area contributed by atoms with Crippen molar-refractivity contribution in [2.75, 3.05) is 32.4 Å². The quantitative estimate of drug-likeness (QED) is 0.806. The van der Waals surface area contributed by atoms with Gasteiger partial charge in [0.25, 0.3) is 0 Å². The number of carbonyl (C=O) groups excluding carboxylic acids is 1. The molecule has 1 aromatic carbocycles. The molecule has 1 fully saturated rings. The lowest BCUT2D eigenvalue weighted by Gasteiger charge is -2.32. The zero-order chi connectivity index (χ0) is 12.4. The Hall–Kier alpha value is -1.26. The summed E-state index contributed by atoms with van der Waals surface area (Å²) in [5, 5.41) is 0.640. The third-order valence-corrected chi connectivity index (χ3v) is 3.27. The maximum atomic E-state index is 11.6. The molecule has 1 heterocycles. The van der Waals surface area contributed by atoms with Crippen molar-refractivity contribution >= 4 is 23.2 Å². The Bertz CT molecular complexity index is 436. The maximum Gasteiger partial charge on any atom is 0.236 e. The largest absolute Gasteiger partial charge is 0.398 e. The van der Waals surface area contributed by atoms with Crippen molar-refractivity contribution in [2.45, 2.75) is 6.54 Å². The predicted molar refractivity (Wildman–Crippen MR) is 68.8 cm³/mol. The van der Waals surface area contributed by atoms with Crippen molar-refractivity contribution in [3.8, 4) is 0 Å². The van der Waals surface area contributed by atoms with Gasteiger partial charge in [-0.05, 0) is 17.7 Å². The topological polar surface area (TPSA) is 49.6 Å². The standard InChI is InChI=1S/C12H16ClN3O/c1-15-4-5-16(8-12(15)17)7-9-2-3-10(13)6-11(9)14/h2-3,6H,4-5,7-8,14H2,1H3. The first-order valence-corrected chi connectivity index (χ1v) is 5.94. The van der Waals surface area contributed by atoms with Gasteiger partial charge in [0.15, 0.2) is 0 Å². The maximum absolute atomic E-state index is 11.6. The van der Waals surface area contributed by atoms with Gasteiger partial charge in [0.1, 0.15) is 0 Å². The molecule has 0 spiro atoms. The molecule has 1 aliphatic rings. The van der Waals surface area contributed by atoms with E-state index >= 15 is 0 Å². The Morgan fingerprint density at radius 1 is 1.41 bits per heavy atom. The minimum Gasteiger partial charge on any atom is -0.398 e. The minimum absolute atomic E-state index is 0.156. The van der Waals surface area contributed by atoms with Crippen molar-refractivity contribution < 1.29 is 4.79 Å². The van der Waals surface area contributed by atoms with Crippen LogP contribution in [0.5, 0.6) is 0 Å². The van der Waals surface area contributed by atoms with Gasteiger partial charge in [-0.25, -0.2) is 0 Å². The average Bonchev–Trinajstić information content (AvgIpc) is 2.27. The fraction of sp³-hybridized carbons (Fsp3) is 0.417. The Morgan fingerprint density at radius 3 is 2.82 bits per heavy atom. The molecule has 0 atom stereocenters. The zero-order valence-electron chi connectivity index (χ0n) is 9.82. The van der Waals surface area contributed by atoms with Crippen molar-refractivity contribution in [1.29, 1.82) is 0 Å². The van der Waals surface area contributed by atoms with Crippen LogP contribution in [0.2, 0.25) is 5.02 Å². The van der Waals surface area contributed by atoms with E-state index in [4.69, 9.17) is 17.3 Å². The normalized spacial score (nSPS) is 17.5. The minimum atomic E-state index is 0.156. The molecule has 1 aliphatic heterocycles. The first kappa shape index (κ1) is 12.2. The van der Waals surface area contributed by atoms with Crippen molar-refractivity contribution in [1.82, 2.24) is 9.80 Å². The molecule has 2 N–H and O–H groups in total. The highest BCUT2D eigenvalue weighted by molar-refractivity contribution is 6.30. The van der Waals surface area contributed by atoms with E-state index in [9.17, 15) is 4.79 Å². The molecule has 0 saturated carbocycles. The molecular formula is C12H16ClN3O. The van der Waals surface area contributed by atoms with Gasteiger partial charge in [-0.2, -0.15) is 0 Å². The van der Waals surface area contributed by atoms with Gasteiger partial charge in [0, 0.05) is 37.4 Å². The lowest BCUT2D eigenvalue weighted by Crippen LogP contribution is -2.48. The molecule has 0 aromatic heterocycles. The van der Waals surface area contributed by atoms with Gasteiger partial charge in [0.05, 0.1) is 6.54 Å². The first-order valence-electron chi connectivity index (χ1n) is 5.56. The van der Waals surface area contributed by atoms with Crippen molar-refractivity contribution in [3.05, 3.63) is 28.8 Å². The fourth-order valence-corrected chi connectivity index (χ4v) is 2.07. The van der Waals surface area contributed by atoms with Crippen LogP contribution in [0.25, 0.3) is 0 Å². The predicted octanol–water partition coefficient (Wildman–Crippen LogP) is 1.20. The fourth-order valence-electron chi connectivity index (χ4n) is 1.89. The highest BCUT2D eigenvalue weighted by atomic mass is 35.5. The molecule has 0 radical (unpaired) electrons. The number of hydrogen-bond acceptors (Lipinski definition) is 3. The molecule has 0 aliphatic carbocycles. The van der Waals surface area contributed by atoms with Crippen LogP contribution in [-0.4, -0.2) is 42.4 Å².